The highest BCUT2D eigenvalue weighted by Crippen LogP contribution is 2.42. The number of methoxy groups -OCH3 is 2. The van der Waals surface area contributed by atoms with Crippen LogP contribution >= 0.6 is 0 Å². The van der Waals surface area contributed by atoms with Crippen molar-refractivity contribution in [3.8, 4) is 11.5 Å². The second-order valence-electron chi connectivity index (χ2n) is 9.15. The molecule has 37 heavy (non-hydrogen) atoms. The number of aliphatic hydroxyl groups is 1. The lowest BCUT2D eigenvalue weighted by Crippen LogP contribution is -2.38. The van der Waals surface area contributed by atoms with Crippen molar-refractivity contribution in [2.45, 2.75) is 30.5 Å². The Morgan fingerprint density at radius 1 is 0.865 bits per heavy atom. The highest BCUT2D eigenvalue weighted by molar-refractivity contribution is 5.49. The lowest BCUT2D eigenvalue weighted by Gasteiger charge is -2.37. The molecule has 0 amide bonds. The second kappa shape index (κ2) is 11.4. The third kappa shape index (κ3) is 5.22. The van der Waals surface area contributed by atoms with Gasteiger partial charge in [0.15, 0.2) is 0 Å². The van der Waals surface area contributed by atoms with Crippen molar-refractivity contribution in [3.05, 3.63) is 108 Å². The lowest BCUT2D eigenvalue weighted by molar-refractivity contribution is -0.119. The van der Waals surface area contributed by atoms with Crippen LogP contribution in [-0.4, -0.2) is 62.6 Å². The predicted octanol–water partition coefficient (Wildman–Crippen LogP) is 4.29. The normalized spacial score (nSPS) is 21.7. The Labute approximate surface area is 217 Å². The van der Waals surface area contributed by atoms with Gasteiger partial charge in [0.05, 0.1) is 33.5 Å². The maximum Gasteiger partial charge on any atom is 0.143 e. The number of aliphatic hydroxyl groups excluding tert-OH is 1. The van der Waals surface area contributed by atoms with Crippen molar-refractivity contribution in [3.63, 3.8) is 0 Å². The molecule has 0 bridgehead atoms. The van der Waals surface area contributed by atoms with E-state index in [4.69, 9.17) is 23.7 Å². The first-order valence-electron chi connectivity index (χ1n) is 12.5. The molecule has 5 rings (SSSR count). The average molecular weight is 504 g/mol. The van der Waals surface area contributed by atoms with E-state index < -0.39 is 17.8 Å². The molecule has 1 N–H and O–H groups in total. The fourth-order valence-electron chi connectivity index (χ4n) is 4.98. The molecule has 7 heteroatoms. The Bertz CT molecular complexity index is 1120. The average Bonchev–Trinajstić information content (AvgIpc) is 3.35. The van der Waals surface area contributed by atoms with Crippen molar-refractivity contribution < 1.29 is 28.8 Å². The number of benzene rings is 3. The zero-order chi connectivity index (χ0) is 25.7. The topological polar surface area (TPSA) is 69.6 Å². The van der Waals surface area contributed by atoms with Gasteiger partial charge in [-0.1, -0.05) is 54.6 Å². The first kappa shape index (κ1) is 25.3. The van der Waals surface area contributed by atoms with Crippen molar-refractivity contribution in [1.82, 2.24) is 4.90 Å². The number of hydrogen-bond acceptors (Lipinski definition) is 7. The van der Waals surface area contributed by atoms with Gasteiger partial charge in [0.1, 0.15) is 36.2 Å². The summed E-state index contributed by atoms with van der Waals surface area (Å²) in [5.74, 6) is 1.52. The number of ether oxygens (including phenoxy) is 5. The van der Waals surface area contributed by atoms with Gasteiger partial charge in [-0.05, 0) is 47.0 Å². The van der Waals surface area contributed by atoms with Crippen LogP contribution in [0.4, 0.5) is 0 Å². The van der Waals surface area contributed by atoms with Crippen LogP contribution in [0.3, 0.4) is 0 Å². The molecule has 1 saturated heterocycles. The minimum atomic E-state index is -0.963. The van der Waals surface area contributed by atoms with E-state index >= 15 is 0 Å². The van der Waals surface area contributed by atoms with Crippen LogP contribution in [-0.2, 0) is 19.8 Å². The minimum Gasteiger partial charge on any atom is -0.497 e. The van der Waals surface area contributed by atoms with E-state index in [1.165, 1.54) is 0 Å². The van der Waals surface area contributed by atoms with Crippen molar-refractivity contribution >= 4 is 0 Å². The van der Waals surface area contributed by atoms with E-state index in [1.54, 1.807) is 14.2 Å². The molecule has 3 aromatic carbocycles. The van der Waals surface area contributed by atoms with Gasteiger partial charge in [-0.25, -0.2) is 0 Å². The summed E-state index contributed by atoms with van der Waals surface area (Å²) >= 11 is 0. The Morgan fingerprint density at radius 2 is 1.46 bits per heavy atom. The van der Waals surface area contributed by atoms with Crippen LogP contribution in [0.2, 0.25) is 0 Å². The molecule has 2 aliphatic rings. The predicted molar refractivity (Wildman–Crippen MR) is 139 cm³/mol. The molecule has 194 valence electrons. The highest BCUT2D eigenvalue weighted by Gasteiger charge is 2.42. The van der Waals surface area contributed by atoms with Gasteiger partial charge >= 0.3 is 0 Å². The van der Waals surface area contributed by atoms with E-state index in [0.29, 0.717) is 19.8 Å². The Morgan fingerprint density at radius 3 is 2.00 bits per heavy atom. The van der Waals surface area contributed by atoms with E-state index in [-0.39, 0.29) is 12.8 Å². The van der Waals surface area contributed by atoms with Gasteiger partial charge in [-0.15, -0.1) is 0 Å². The summed E-state index contributed by atoms with van der Waals surface area (Å²) < 4.78 is 29.5. The van der Waals surface area contributed by atoms with E-state index in [9.17, 15) is 5.11 Å². The summed E-state index contributed by atoms with van der Waals surface area (Å²) in [5, 5.41) is 10.9. The molecular weight excluding hydrogens is 470 g/mol. The van der Waals surface area contributed by atoms with Gasteiger partial charge in [0.2, 0.25) is 0 Å². The largest absolute Gasteiger partial charge is 0.497 e. The maximum atomic E-state index is 10.9. The van der Waals surface area contributed by atoms with Gasteiger partial charge in [-0.3, -0.25) is 0 Å². The van der Waals surface area contributed by atoms with Gasteiger partial charge in [0.25, 0.3) is 0 Å². The van der Waals surface area contributed by atoms with Crippen molar-refractivity contribution in [2.24, 2.45) is 0 Å². The van der Waals surface area contributed by atoms with Crippen LogP contribution in [0.15, 0.2) is 91.1 Å². The molecule has 0 radical (unpaired) electrons. The first-order chi connectivity index (χ1) is 18.1. The molecule has 7 nitrogen and oxygen atoms in total. The third-order valence-corrected chi connectivity index (χ3v) is 6.96. The molecule has 2 heterocycles. The molecule has 0 unspecified atom stereocenters. The van der Waals surface area contributed by atoms with Gasteiger partial charge in [0, 0.05) is 12.6 Å². The summed E-state index contributed by atoms with van der Waals surface area (Å²) in [4.78, 5) is 1.96. The summed E-state index contributed by atoms with van der Waals surface area (Å²) in [6, 6.07) is 25.9. The zero-order valence-electron chi connectivity index (χ0n) is 21.2. The van der Waals surface area contributed by atoms with Crippen LogP contribution in [0.5, 0.6) is 11.5 Å². The smallest absolute Gasteiger partial charge is 0.143 e. The fraction of sp³-hybridized carbons (Fsp3) is 0.333. The lowest BCUT2D eigenvalue weighted by atomic mass is 9.80. The molecular formula is C30H33NO6. The summed E-state index contributed by atoms with van der Waals surface area (Å²) in [6.07, 6.45) is 2.95. The van der Waals surface area contributed by atoms with Crippen LogP contribution in [0, 0.1) is 0 Å². The number of nitrogens with zero attached hydrogens (tertiary/aromatic N) is 1. The fourth-order valence-corrected chi connectivity index (χ4v) is 4.98. The van der Waals surface area contributed by atoms with Crippen LogP contribution in [0.1, 0.15) is 23.1 Å². The summed E-state index contributed by atoms with van der Waals surface area (Å²) in [5.41, 5.74) is 1.86. The molecule has 0 spiro atoms. The monoisotopic (exact) mass is 503 g/mol. The Hall–Kier alpha value is -3.36. The van der Waals surface area contributed by atoms with Crippen molar-refractivity contribution in [2.75, 3.05) is 34.2 Å². The Balaban J connectivity index is 1.52. The zero-order valence-corrected chi connectivity index (χ0v) is 21.2. The van der Waals surface area contributed by atoms with Gasteiger partial charge in [-0.2, -0.15) is 0 Å². The van der Waals surface area contributed by atoms with E-state index in [2.05, 4.69) is 12.1 Å². The van der Waals surface area contributed by atoms with E-state index in [1.807, 2.05) is 83.9 Å². The quantitative estimate of drug-likeness (QED) is 0.437. The van der Waals surface area contributed by atoms with Crippen LogP contribution in [0.25, 0.3) is 0 Å². The maximum absolute atomic E-state index is 10.9. The summed E-state index contributed by atoms with van der Waals surface area (Å²) in [6.45, 7) is 1.21. The molecule has 3 atom stereocenters. The Kier molecular flexibility index (Phi) is 7.76. The van der Waals surface area contributed by atoms with Crippen molar-refractivity contribution in [1.29, 1.82) is 0 Å². The highest BCUT2D eigenvalue weighted by atomic mass is 16.6. The second-order valence-corrected chi connectivity index (χ2v) is 9.15. The van der Waals surface area contributed by atoms with Crippen LogP contribution < -0.4 is 9.47 Å². The summed E-state index contributed by atoms with van der Waals surface area (Å²) in [7, 11) is 3.30. The standard InChI is InChI=1S/C30H33NO6/c1-33-25-13-9-23(10-14-25)30(22-7-4-3-5-8-22,24-11-15-26(34-2)16-12-24)36-20-28-27(32)19-29(37-28)31-17-6-18-35-21-31/h3-17,27-29,32H,18-21H2,1-2H3/t27-,28-,29-/m1/s1. The number of rotatable bonds is 9. The number of hydrogen-bond donors (Lipinski definition) is 1. The third-order valence-electron chi connectivity index (χ3n) is 6.96. The molecule has 1 fully saturated rings. The molecule has 3 aromatic rings. The molecule has 0 saturated carbocycles. The van der Waals surface area contributed by atoms with E-state index in [0.717, 1.165) is 28.2 Å². The molecule has 0 aliphatic carbocycles. The minimum absolute atomic E-state index is 0.184. The first-order valence-corrected chi connectivity index (χ1v) is 12.5. The molecule has 0 aromatic heterocycles. The van der Waals surface area contributed by atoms with Gasteiger partial charge < -0.3 is 33.7 Å². The SMILES string of the molecule is COc1ccc(C(OC[C@H]2O[C@@H](N3C=CCOC3)C[C@H]2O)(c2ccccc2)c2ccc(OC)cc2)cc1. The molecule has 2 aliphatic heterocycles.